The van der Waals surface area contributed by atoms with Crippen LogP contribution in [0.1, 0.15) is 22.4 Å². The fraction of sp³-hybridized carbons (Fsp3) is 0.100. The standard InChI is InChI=1S/C20H15F2N3O/c21-16-5-1-14(2-6-16)20(15-3-7-17(22)8-4-15)10-9-13-12-24-25(19(23)26)18(13)11-20/h1-10,12H,11H2,(H2,23,26). The smallest absolute Gasteiger partial charge is 0.339 e. The number of primary amides is 1. The normalized spacial score (nSPS) is 14.8. The molecule has 0 aliphatic heterocycles. The SMILES string of the molecule is NC(=O)n1ncc2c1CC(c1ccc(F)cc1)(c1ccc(F)cc1)C=C2. The van der Waals surface area contributed by atoms with Crippen LogP contribution in [-0.4, -0.2) is 15.8 Å². The van der Waals surface area contributed by atoms with Crippen molar-refractivity contribution in [1.29, 1.82) is 0 Å². The summed E-state index contributed by atoms with van der Waals surface area (Å²) >= 11 is 0. The molecule has 1 amide bonds. The van der Waals surface area contributed by atoms with Crippen LogP contribution in [0, 0.1) is 11.6 Å². The molecular formula is C20H15F2N3O. The van der Waals surface area contributed by atoms with E-state index in [1.807, 2.05) is 12.2 Å². The van der Waals surface area contributed by atoms with Gasteiger partial charge in [0, 0.05) is 17.4 Å². The Labute approximate surface area is 148 Å². The first-order valence-corrected chi connectivity index (χ1v) is 8.08. The van der Waals surface area contributed by atoms with Crippen LogP contribution in [-0.2, 0) is 11.8 Å². The molecule has 3 aromatic rings. The molecule has 1 heterocycles. The Hall–Kier alpha value is -3.28. The molecular weight excluding hydrogens is 336 g/mol. The number of nitrogens with two attached hydrogens (primary N) is 1. The van der Waals surface area contributed by atoms with E-state index in [0.717, 1.165) is 16.7 Å². The minimum absolute atomic E-state index is 0.342. The van der Waals surface area contributed by atoms with Gasteiger partial charge in [-0.25, -0.2) is 13.6 Å². The van der Waals surface area contributed by atoms with Crippen LogP contribution in [0.25, 0.3) is 6.08 Å². The molecule has 0 fully saturated rings. The molecule has 0 saturated heterocycles. The lowest BCUT2D eigenvalue weighted by Gasteiger charge is -2.34. The first-order valence-electron chi connectivity index (χ1n) is 8.08. The largest absolute Gasteiger partial charge is 0.350 e. The van der Waals surface area contributed by atoms with Gasteiger partial charge in [-0.3, -0.25) is 0 Å². The summed E-state index contributed by atoms with van der Waals surface area (Å²) in [6.07, 6.45) is 5.80. The van der Waals surface area contributed by atoms with Gasteiger partial charge in [-0.05, 0) is 35.4 Å². The minimum atomic E-state index is -0.693. The quantitative estimate of drug-likeness (QED) is 0.766. The molecule has 0 atom stereocenters. The molecule has 0 radical (unpaired) electrons. The average Bonchev–Trinajstić information content (AvgIpc) is 3.06. The highest BCUT2D eigenvalue weighted by atomic mass is 19.1. The van der Waals surface area contributed by atoms with Crippen LogP contribution in [0.5, 0.6) is 0 Å². The summed E-state index contributed by atoms with van der Waals surface area (Å²) in [6, 6.07) is 11.6. The maximum atomic E-state index is 13.5. The maximum absolute atomic E-state index is 13.5. The van der Waals surface area contributed by atoms with E-state index in [9.17, 15) is 13.6 Å². The van der Waals surface area contributed by atoms with Crippen molar-refractivity contribution in [1.82, 2.24) is 9.78 Å². The molecule has 130 valence electrons. The molecule has 4 nitrogen and oxygen atoms in total. The van der Waals surface area contributed by atoms with Gasteiger partial charge < -0.3 is 5.73 Å². The zero-order valence-corrected chi connectivity index (χ0v) is 13.7. The number of allylic oxidation sites excluding steroid dienone is 1. The van der Waals surface area contributed by atoms with Crippen LogP contribution in [0.2, 0.25) is 0 Å². The number of hydrogen-bond donors (Lipinski definition) is 1. The summed E-state index contributed by atoms with van der Waals surface area (Å²) in [5.41, 5.74) is 7.84. The van der Waals surface area contributed by atoms with Gasteiger partial charge in [0.2, 0.25) is 0 Å². The van der Waals surface area contributed by atoms with E-state index in [2.05, 4.69) is 5.10 Å². The summed E-state index contributed by atoms with van der Waals surface area (Å²) in [5.74, 6) is -0.684. The van der Waals surface area contributed by atoms with Crippen LogP contribution in [0.3, 0.4) is 0 Å². The van der Waals surface area contributed by atoms with Crippen LogP contribution in [0.15, 0.2) is 60.8 Å². The number of nitrogens with zero attached hydrogens (tertiary/aromatic N) is 2. The lowest BCUT2D eigenvalue weighted by molar-refractivity contribution is 0.246. The number of amides is 1. The van der Waals surface area contributed by atoms with Gasteiger partial charge in [-0.1, -0.05) is 36.4 Å². The Balaban J connectivity index is 1.92. The van der Waals surface area contributed by atoms with Gasteiger partial charge in [0.1, 0.15) is 11.6 Å². The van der Waals surface area contributed by atoms with Crippen molar-refractivity contribution >= 4 is 12.1 Å². The van der Waals surface area contributed by atoms with E-state index in [4.69, 9.17) is 5.73 Å². The number of carbonyl (C=O) groups is 1. The number of hydrogen-bond acceptors (Lipinski definition) is 2. The van der Waals surface area contributed by atoms with Gasteiger partial charge in [-0.15, -0.1) is 0 Å². The summed E-state index contributed by atoms with van der Waals surface area (Å²) in [5, 5.41) is 4.05. The van der Waals surface area contributed by atoms with Crippen molar-refractivity contribution in [2.24, 2.45) is 5.73 Å². The number of halogens is 2. The molecule has 4 rings (SSSR count). The highest BCUT2D eigenvalue weighted by Gasteiger charge is 2.37. The lowest BCUT2D eigenvalue weighted by atomic mass is 9.68. The summed E-state index contributed by atoms with van der Waals surface area (Å²) in [6.45, 7) is 0. The first-order chi connectivity index (χ1) is 12.5. The molecule has 1 aromatic heterocycles. The number of benzene rings is 2. The van der Waals surface area contributed by atoms with E-state index >= 15 is 0 Å². The third kappa shape index (κ3) is 2.50. The second-order valence-electron chi connectivity index (χ2n) is 6.29. The fourth-order valence-electron chi connectivity index (χ4n) is 3.51. The topological polar surface area (TPSA) is 60.9 Å². The van der Waals surface area contributed by atoms with Gasteiger partial charge >= 0.3 is 6.03 Å². The number of aromatic nitrogens is 2. The first kappa shape index (κ1) is 16.2. The molecule has 6 heteroatoms. The van der Waals surface area contributed by atoms with Gasteiger partial charge in [0.25, 0.3) is 0 Å². The minimum Gasteiger partial charge on any atom is -0.350 e. The monoisotopic (exact) mass is 351 g/mol. The Morgan fingerprint density at radius 3 is 2.04 bits per heavy atom. The zero-order valence-electron chi connectivity index (χ0n) is 13.7. The molecule has 2 N–H and O–H groups in total. The molecule has 2 aromatic carbocycles. The Kier molecular flexibility index (Phi) is 3.68. The van der Waals surface area contributed by atoms with Crippen molar-refractivity contribution in [3.63, 3.8) is 0 Å². The van der Waals surface area contributed by atoms with Crippen molar-refractivity contribution in [3.8, 4) is 0 Å². The summed E-state index contributed by atoms with van der Waals surface area (Å²) in [7, 11) is 0. The predicted molar refractivity (Wildman–Crippen MR) is 93.5 cm³/mol. The zero-order chi connectivity index (χ0) is 18.3. The Morgan fingerprint density at radius 2 is 1.54 bits per heavy atom. The van der Waals surface area contributed by atoms with Gasteiger partial charge in [0.15, 0.2) is 0 Å². The second kappa shape index (κ2) is 5.91. The number of carbonyl (C=O) groups excluding carboxylic acids is 1. The Morgan fingerprint density at radius 1 is 1.00 bits per heavy atom. The van der Waals surface area contributed by atoms with E-state index in [1.54, 1.807) is 30.5 Å². The molecule has 0 spiro atoms. The molecule has 0 unspecified atom stereocenters. The van der Waals surface area contributed by atoms with E-state index in [1.165, 1.54) is 28.9 Å². The van der Waals surface area contributed by atoms with E-state index in [0.29, 0.717) is 12.1 Å². The third-order valence-corrected chi connectivity index (χ3v) is 4.82. The van der Waals surface area contributed by atoms with Crippen LogP contribution < -0.4 is 5.73 Å². The van der Waals surface area contributed by atoms with Crippen molar-refractivity contribution in [3.05, 3.63) is 94.8 Å². The Bertz CT molecular complexity index is 959. The molecule has 1 aliphatic rings. The van der Waals surface area contributed by atoms with E-state index in [-0.39, 0.29) is 11.6 Å². The van der Waals surface area contributed by atoms with Gasteiger partial charge in [0.05, 0.1) is 11.9 Å². The van der Waals surface area contributed by atoms with Crippen molar-refractivity contribution in [2.75, 3.05) is 0 Å². The summed E-state index contributed by atoms with van der Waals surface area (Å²) < 4.78 is 28.1. The third-order valence-electron chi connectivity index (χ3n) is 4.82. The fourth-order valence-corrected chi connectivity index (χ4v) is 3.51. The number of fused-ring (bicyclic) bond motifs is 1. The molecule has 0 saturated carbocycles. The predicted octanol–water partition coefficient (Wildman–Crippen LogP) is 3.64. The molecule has 0 bridgehead atoms. The number of rotatable bonds is 2. The van der Waals surface area contributed by atoms with Crippen LogP contribution in [0.4, 0.5) is 13.6 Å². The van der Waals surface area contributed by atoms with Crippen LogP contribution >= 0.6 is 0 Å². The molecule has 1 aliphatic carbocycles. The lowest BCUT2D eigenvalue weighted by Crippen LogP contribution is -2.33. The highest BCUT2D eigenvalue weighted by Crippen LogP contribution is 2.41. The highest BCUT2D eigenvalue weighted by molar-refractivity contribution is 5.77. The van der Waals surface area contributed by atoms with Gasteiger partial charge in [-0.2, -0.15) is 9.78 Å². The summed E-state index contributed by atoms with van der Waals surface area (Å²) in [4.78, 5) is 11.7. The van der Waals surface area contributed by atoms with Crippen molar-refractivity contribution in [2.45, 2.75) is 11.8 Å². The second-order valence-corrected chi connectivity index (χ2v) is 6.29. The van der Waals surface area contributed by atoms with E-state index < -0.39 is 11.4 Å². The maximum Gasteiger partial charge on any atom is 0.339 e. The average molecular weight is 351 g/mol. The van der Waals surface area contributed by atoms with Crippen molar-refractivity contribution < 1.29 is 13.6 Å². The molecule has 26 heavy (non-hydrogen) atoms.